The van der Waals surface area contributed by atoms with Crippen LogP contribution in [0.4, 0.5) is 0 Å². The Kier molecular flexibility index (Phi) is 3.85. The molecule has 1 aromatic carbocycles. The van der Waals surface area contributed by atoms with E-state index in [4.69, 9.17) is 0 Å². The molecule has 2 bridgehead atoms. The second kappa shape index (κ2) is 5.81. The van der Waals surface area contributed by atoms with Crippen LogP contribution >= 0.6 is 0 Å². The summed E-state index contributed by atoms with van der Waals surface area (Å²) < 4.78 is 27.4. The van der Waals surface area contributed by atoms with Crippen LogP contribution in [0.25, 0.3) is 0 Å². The Hall–Kier alpha value is -1.92. The van der Waals surface area contributed by atoms with Crippen LogP contribution < -0.4 is 0 Å². The molecular formula is C19H22N2O3S. The smallest absolute Gasteiger partial charge is 0.268 e. The van der Waals surface area contributed by atoms with Crippen molar-refractivity contribution in [1.82, 2.24) is 3.97 Å². The molecule has 1 aliphatic heterocycles. The molecule has 5 nitrogen and oxygen atoms in total. The van der Waals surface area contributed by atoms with Crippen molar-refractivity contribution in [2.75, 3.05) is 0 Å². The zero-order chi connectivity index (χ0) is 17.7. The largest absolute Gasteiger partial charge is 0.369 e. The van der Waals surface area contributed by atoms with Gasteiger partial charge in [-0.15, -0.1) is 0 Å². The molecule has 1 aromatic heterocycles. The fourth-order valence-corrected chi connectivity index (χ4v) is 5.33. The van der Waals surface area contributed by atoms with E-state index in [0.717, 1.165) is 24.8 Å². The van der Waals surface area contributed by atoms with Crippen LogP contribution in [0.15, 0.2) is 52.5 Å². The predicted octanol–water partition coefficient (Wildman–Crippen LogP) is 3.11. The highest BCUT2D eigenvalue weighted by atomic mass is 32.2. The van der Waals surface area contributed by atoms with Gasteiger partial charge in [0.05, 0.1) is 16.3 Å². The van der Waals surface area contributed by atoms with E-state index in [9.17, 15) is 13.5 Å². The topological polar surface area (TPSA) is 71.7 Å². The number of rotatable bonds is 3. The van der Waals surface area contributed by atoms with E-state index in [1.165, 1.54) is 3.97 Å². The Morgan fingerprint density at radius 2 is 2.00 bits per heavy atom. The lowest BCUT2D eigenvalue weighted by Crippen LogP contribution is -2.39. The molecule has 0 saturated heterocycles. The van der Waals surface area contributed by atoms with Crippen LogP contribution in [0.3, 0.4) is 0 Å². The Labute approximate surface area is 148 Å². The van der Waals surface area contributed by atoms with Crippen LogP contribution in [0.1, 0.15) is 43.4 Å². The molecule has 1 N–H and O–H groups in total. The van der Waals surface area contributed by atoms with Crippen molar-refractivity contribution < 1.29 is 13.5 Å². The second-order valence-electron chi connectivity index (χ2n) is 7.21. The van der Waals surface area contributed by atoms with Gasteiger partial charge in [0.2, 0.25) is 0 Å². The van der Waals surface area contributed by atoms with Gasteiger partial charge in [0.15, 0.2) is 5.72 Å². The minimum Gasteiger partial charge on any atom is -0.369 e. The first-order chi connectivity index (χ1) is 11.9. The number of nitrogens with zero attached hydrogens (tertiary/aromatic N) is 2. The molecule has 0 amide bonds. The molecule has 2 atom stereocenters. The fraction of sp³-hybridized carbons (Fsp3) is 0.421. The molecule has 1 saturated carbocycles. The molecular weight excluding hydrogens is 336 g/mol. The highest BCUT2D eigenvalue weighted by molar-refractivity contribution is 7.90. The van der Waals surface area contributed by atoms with Gasteiger partial charge in [0.25, 0.3) is 10.0 Å². The lowest BCUT2D eigenvalue weighted by Gasteiger charge is -2.38. The van der Waals surface area contributed by atoms with E-state index in [0.29, 0.717) is 30.2 Å². The van der Waals surface area contributed by atoms with E-state index in [1.54, 1.807) is 42.6 Å². The summed E-state index contributed by atoms with van der Waals surface area (Å²) in [4.78, 5) is 4.80. The molecule has 0 radical (unpaired) electrons. The number of aryl methyl sites for hydroxylation is 1. The summed E-state index contributed by atoms with van der Waals surface area (Å²) in [7, 11) is -3.68. The van der Waals surface area contributed by atoms with Crippen molar-refractivity contribution in [2.24, 2.45) is 10.9 Å². The molecule has 132 valence electrons. The average Bonchev–Trinajstić information content (AvgIpc) is 3.04. The maximum absolute atomic E-state index is 13.0. The van der Waals surface area contributed by atoms with Crippen molar-refractivity contribution in [2.45, 2.75) is 49.6 Å². The van der Waals surface area contributed by atoms with Crippen LogP contribution in [0.5, 0.6) is 0 Å². The minimum atomic E-state index is -3.68. The van der Waals surface area contributed by atoms with E-state index in [1.807, 2.05) is 6.92 Å². The van der Waals surface area contributed by atoms with E-state index in [-0.39, 0.29) is 4.90 Å². The average molecular weight is 358 g/mol. The summed E-state index contributed by atoms with van der Waals surface area (Å²) in [5, 5.41) is 10.7. The van der Waals surface area contributed by atoms with Crippen LogP contribution in [-0.2, 0) is 10.0 Å². The molecule has 4 rings (SSSR count). The molecule has 2 aromatic rings. The van der Waals surface area contributed by atoms with Crippen LogP contribution in [0, 0.1) is 12.8 Å². The number of aliphatic hydroxyl groups is 1. The molecule has 0 unspecified atom stereocenters. The first-order valence-electron chi connectivity index (χ1n) is 8.68. The summed E-state index contributed by atoms with van der Waals surface area (Å²) >= 11 is 0. The van der Waals surface area contributed by atoms with Gasteiger partial charge < -0.3 is 5.11 Å². The maximum atomic E-state index is 13.0. The van der Waals surface area contributed by atoms with E-state index in [2.05, 4.69) is 4.99 Å². The minimum absolute atomic E-state index is 0.255. The van der Waals surface area contributed by atoms with Gasteiger partial charge in [-0.1, -0.05) is 17.7 Å². The summed E-state index contributed by atoms with van der Waals surface area (Å²) in [5.74, 6) is 0.372. The Balaban J connectivity index is 1.78. The number of aliphatic imine (C=N–C) groups is 1. The monoisotopic (exact) mass is 358 g/mol. The summed E-state index contributed by atoms with van der Waals surface area (Å²) in [6.07, 6.45) is 5.64. The normalized spacial score (nSPS) is 26.3. The Morgan fingerprint density at radius 1 is 1.24 bits per heavy atom. The lowest BCUT2D eigenvalue weighted by molar-refractivity contribution is -0.0132. The summed E-state index contributed by atoms with van der Waals surface area (Å²) in [6.45, 7) is 1.92. The summed E-state index contributed by atoms with van der Waals surface area (Å²) in [6, 6.07) is 10.3. The van der Waals surface area contributed by atoms with Gasteiger partial charge in [0, 0.05) is 6.20 Å². The molecule has 2 aliphatic rings. The summed E-state index contributed by atoms with van der Waals surface area (Å²) in [5.41, 5.74) is 1.24. The lowest BCUT2D eigenvalue weighted by atomic mass is 9.77. The van der Waals surface area contributed by atoms with Crippen LogP contribution in [0.2, 0.25) is 0 Å². The fourth-order valence-electron chi connectivity index (χ4n) is 3.97. The van der Waals surface area contributed by atoms with Crippen molar-refractivity contribution in [3.05, 3.63) is 53.9 Å². The first kappa shape index (κ1) is 16.5. The SMILES string of the molecule is Cc1ccc(S(=O)(=O)n2cccc2C2=N[C@]3(O)CCC[C@H](C2)C3)cc1. The Morgan fingerprint density at radius 3 is 2.72 bits per heavy atom. The zero-order valence-corrected chi connectivity index (χ0v) is 15.0. The van der Waals surface area contributed by atoms with Gasteiger partial charge in [-0.05, 0) is 69.2 Å². The number of fused-ring (bicyclic) bond motifs is 2. The number of hydrogen-bond acceptors (Lipinski definition) is 4. The molecule has 1 aliphatic carbocycles. The van der Waals surface area contributed by atoms with E-state index < -0.39 is 15.7 Å². The standard InChI is InChI=1S/C19H22N2O3S/c1-14-6-8-16(9-7-14)25(23,24)21-11-3-5-18(21)17-12-15-4-2-10-19(22,13-15)20-17/h3,5-9,11,15,22H,2,4,10,12-13H2,1H3/t15-,19+/m1/s1. The number of benzene rings is 1. The van der Waals surface area contributed by atoms with Gasteiger partial charge in [0.1, 0.15) is 0 Å². The second-order valence-corrected chi connectivity index (χ2v) is 9.03. The van der Waals surface area contributed by atoms with Crippen molar-refractivity contribution in [1.29, 1.82) is 0 Å². The van der Waals surface area contributed by atoms with Crippen LogP contribution in [-0.4, -0.2) is 28.9 Å². The molecule has 1 fully saturated rings. The van der Waals surface area contributed by atoms with Gasteiger partial charge >= 0.3 is 0 Å². The van der Waals surface area contributed by atoms with Crippen molar-refractivity contribution >= 4 is 15.7 Å². The van der Waals surface area contributed by atoms with Gasteiger partial charge in [-0.25, -0.2) is 12.4 Å². The Bertz CT molecular complexity index is 928. The van der Waals surface area contributed by atoms with Crippen molar-refractivity contribution in [3.63, 3.8) is 0 Å². The third-order valence-electron chi connectivity index (χ3n) is 5.22. The van der Waals surface area contributed by atoms with Gasteiger partial charge in [-0.2, -0.15) is 0 Å². The third kappa shape index (κ3) is 2.93. The highest BCUT2D eigenvalue weighted by Gasteiger charge is 2.39. The zero-order valence-electron chi connectivity index (χ0n) is 14.2. The van der Waals surface area contributed by atoms with Crippen molar-refractivity contribution in [3.8, 4) is 0 Å². The molecule has 25 heavy (non-hydrogen) atoms. The quantitative estimate of drug-likeness (QED) is 0.916. The number of aromatic nitrogens is 1. The first-order valence-corrected chi connectivity index (χ1v) is 10.1. The predicted molar refractivity (Wildman–Crippen MR) is 96.3 cm³/mol. The van der Waals surface area contributed by atoms with E-state index >= 15 is 0 Å². The third-order valence-corrected chi connectivity index (χ3v) is 6.92. The highest BCUT2D eigenvalue weighted by Crippen LogP contribution is 2.40. The maximum Gasteiger partial charge on any atom is 0.268 e. The molecule has 0 spiro atoms. The van der Waals surface area contributed by atoms with Gasteiger partial charge in [-0.3, -0.25) is 4.99 Å². The number of hydrogen-bond donors (Lipinski definition) is 1. The molecule has 6 heteroatoms. The molecule has 2 heterocycles.